The molecule has 0 aliphatic rings. The number of pyridine rings is 1. The summed E-state index contributed by atoms with van der Waals surface area (Å²) in [6, 6.07) is 7.60. The van der Waals surface area contributed by atoms with Crippen LogP contribution in [0.2, 0.25) is 4.34 Å². The normalized spacial score (nSPS) is 10.8. The number of rotatable bonds is 4. The Balaban J connectivity index is 1.73. The molecule has 0 bridgehead atoms. The Kier molecular flexibility index (Phi) is 3.81. The molecular weight excluding hydrogens is 308 g/mol. The molecule has 0 amide bonds. The van der Waals surface area contributed by atoms with E-state index >= 15 is 0 Å². The van der Waals surface area contributed by atoms with Gasteiger partial charge >= 0.3 is 0 Å². The third-order valence-electron chi connectivity index (χ3n) is 3.05. The maximum absolute atomic E-state index is 11.4. The predicted octanol–water partition coefficient (Wildman–Crippen LogP) is 3.40. The summed E-state index contributed by atoms with van der Waals surface area (Å²) in [5.41, 5.74) is 2.34. The lowest BCUT2D eigenvalue weighted by Gasteiger charge is -1.99. The van der Waals surface area contributed by atoms with Gasteiger partial charge in [0.1, 0.15) is 5.82 Å². The van der Waals surface area contributed by atoms with Gasteiger partial charge in [-0.05, 0) is 25.1 Å². The smallest absolute Gasteiger partial charge is 0.250 e. The van der Waals surface area contributed by atoms with Crippen molar-refractivity contribution in [3.8, 4) is 11.3 Å². The average molecular weight is 321 g/mol. The van der Waals surface area contributed by atoms with Crippen molar-refractivity contribution >= 4 is 28.8 Å². The van der Waals surface area contributed by atoms with E-state index in [9.17, 15) is 4.79 Å². The van der Waals surface area contributed by atoms with Crippen molar-refractivity contribution in [3.05, 3.63) is 55.6 Å². The van der Waals surface area contributed by atoms with Crippen LogP contribution in [0.15, 0.2) is 35.3 Å². The lowest BCUT2D eigenvalue weighted by molar-refractivity contribution is 1.06. The Morgan fingerprint density at radius 1 is 1.38 bits per heavy atom. The molecule has 0 aromatic carbocycles. The molecule has 0 aliphatic heterocycles. The molecule has 108 valence electrons. The summed E-state index contributed by atoms with van der Waals surface area (Å²) in [7, 11) is 0. The molecule has 3 N–H and O–H groups in total. The minimum absolute atomic E-state index is 0.0776. The molecule has 5 nitrogen and oxygen atoms in total. The van der Waals surface area contributed by atoms with E-state index in [1.165, 1.54) is 11.3 Å². The molecule has 0 aliphatic carbocycles. The summed E-state index contributed by atoms with van der Waals surface area (Å²) in [4.78, 5) is 15.2. The molecule has 7 heteroatoms. The summed E-state index contributed by atoms with van der Waals surface area (Å²) in [5, 5.41) is 10.4. The fraction of sp³-hybridized carbons (Fsp3) is 0.143. The molecular formula is C14H13ClN4OS. The highest BCUT2D eigenvalue weighted by atomic mass is 35.5. The van der Waals surface area contributed by atoms with E-state index in [1.54, 1.807) is 13.1 Å². The molecule has 3 heterocycles. The zero-order chi connectivity index (χ0) is 14.8. The van der Waals surface area contributed by atoms with Crippen LogP contribution in [0.4, 0.5) is 5.82 Å². The molecule has 0 unspecified atom stereocenters. The SMILES string of the molecule is Cc1cc(-c2cc(NCc3ccc(Cl)s3)n[nH]2)c[nH]c1=O. The first-order chi connectivity index (χ1) is 10.1. The maximum atomic E-state index is 11.4. The number of hydrogen-bond donors (Lipinski definition) is 3. The molecule has 0 atom stereocenters. The first-order valence-corrected chi connectivity index (χ1v) is 7.54. The van der Waals surface area contributed by atoms with Crippen LogP contribution in [0.5, 0.6) is 0 Å². The van der Waals surface area contributed by atoms with Crippen LogP contribution in [0.3, 0.4) is 0 Å². The number of aromatic amines is 2. The van der Waals surface area contributed by atoms with Crippen molar-refractivity contribution in [2.24, 2.45) is 0 Å². The summed E-state index contributed by atoms with van der Waals surface area (Å²) in [5.74, 6) is 0.748. The summed E-state index contributed by atoms with van der Waals surface area (Å²) >= 11 is 7.43. The van der Waals surface area contributed by atoms with E-state index in [0.717, 1.165) is 26.3 Å². The Morgan fingerprint density at radius 3 is 2.95 bits per heavy atom. The van der Waals surface area contributed by atoms with Crippen molar-refractivity contribution in [1.82, 2.24) is 15.2 Å². The maximum Gasteiger partial charge on any atom is 0.250 e. The van der Waals surface area contributed by atoms with Crippen LogP contribution in [-0.2, 0) is 6.54 Å². The van der Waals surface area contributed by atoms with Crippen LogP contribution in [-0.4, -0.2) is 15.2 Å². The Bertz CT molecular complexity index is 820. The Morgan fingerprint density at radius 2 is 2.24 bits per heavy atom. The lowest BCUT2D eigenvalue weighted by Crippen LogP contribution is -2.07. The topological polar surface area (TPSA) is 73.6 Å². The third kappa shape index (κ3) is 3.17. The fourth-order valence-electron chi connectivity index (χ4n) is 1.94. The van der Waals surface area contributed by atoms with Gasteiger partial charge in [-0.3, -0.25) is 9.89 Å². The molecule has 3 rings (SSSR count). The monoisotopic (exact) mass is 320 g/mol. The van der Waals surface area contributed by atoms with E-state index in [1.807, 2.05) is 24.3 Å². The van der Waals surface area contributed by atoms with Gasteiger partial charge in [0.15, 0.2) is 0 Å². The number of nitrogens with zero attached hydrogens (tertiary/aromatic N) is 1. The number of thiophene rings is 1. The minimum Gasteiger partial charge on any atom is -0.364 e. The highest BCUT2D eigenvalue weighted by Crippen LogP contribution is 2.23. The van der Waals surface area contributed by atoms with E-state index in [0.29, 0.717) is 12.1 Å². The first kappa shape index (κ1) is 13.9. The quantitative estimate of drug-likeness (QED) is 0.689. The zero-order valence-electron chi connectivity index (χ0n) is 11.2. The van der Waals surface area contributed by atoms with Gasteiger partial charge < -0.3 is 10.3 Å². The van der Waals surface area contributed by atoms with Crippen LogP contribution < -0.4 is 10.9 Å². The Hall–Kier alpha value is -2.05. The molecule has 3 aromatic heterocycles. The third-order valence-corrected chi connectivity index (χ3v) is 4.28. The van der Waals surface area contributed by atoms with Gasteiger partial charge in [0.2, 0.25) is 0 Å². The number of aromatic nitrogens is 3. The minimum atomic E-state index is -0.0776. The number of aryl methyl sites for hydroxylation is 1. The number of nitrogens with one attached hydrogen (secondary N) is 3. The molecule has 0 radical (unpaired) electrons. The molecule has 0 saturated carbocycles. The van der Waals surface area contributed by atoms with Crippen molar-refractivity contribution in [2.45, 2.75) is 13.5 Å². The van der Waals surface area contributed by atoms with Gasteiger partial charge in [0.05, 0.1) is 16.6 Å². The van der Waals surface area contributed by atoms with E-state index in [-0.39, 0.29) is 5.56 Å². The lowest BCUT2D eigenvalue weighted by atomic mass is 10.1. The standard InChI is InChI=1S/C14H13ClN4OS/c1-8-4-9(6-17-14(8)20)11-5-13(19-18-11)16-7-10-2-3-12(15)21-10/h2-6H,7H2,1H3,(H,17,20)(H2,16,18,19). The molecule has 0 spiro atoms. The number of H-pyrrole nitrogens is 2. The zero-order valence-corrected chi connectivity index (χ0v) is 12.8. The summed E-state index contributed by atoms with van der Waals surface area (Å²) in [6.07, 6.45) is 1.67. The molecule has 0 saturated heterocycles. The van der Waals surface area contributed by atoms with E-state index < -0.39 is 0 Å². The second kappa shape index (κ2) is 5.75. The van der Waals surface area contributed by atoms with E-state index in [4.69, 9.17) is 11.6 Å². The molecule has 0 fully saturated rings. The van der Waals surface area contributed by atoms with Crippen LogP contribution in [0.1, 0.15) is 10.4 Å². The predicted molar refractivity (Wildman–Crippen MR) is 86.0 cm³/mol. The second-order valence-corrected chi connectivity index (χ2v) is 6.43. The number of anilines is 1. The summed E-state index contributed by atoms with van der Waals surface area (Å²) < 4.78 is 0.776. The summed E-state index contributed by atoms with van der Waals surface area (Å²) in [6.45, 7) is 2.45. The highest BCUT2D eigenvalue weighted by Gasteiger charge is 2.06. The van der Waals surface area contributed by atoms with Gasteiger partial charge in [0, 0.05) is 28.3 Å². The van der Waals surface area contributed by atoms with Gasteiger partial charge in [-0.1, -0.05) is 11.6 Å². The van der Waals surface area contributed by atoms with Crippen molar-refractivity contribution < 1.29 is 0 Å². The average Bonchev–Trinajstić information content (AvgIpc) is 3.08. The fourth-order valence-corrected chi connectivity index (χ4v) is 2.96. The largest absolute Gasteiger partial charge is 0.364 e. The Labute approximate surface area is 130 Å². The first-order valence-electron chi connectivity index (χ1n) is 6.35. The van der Waals surface area contributed by atoms with Crippen LogP contribution in [0, 0.1) is 6.92 Å². The van der Waals surface area contributed by atoms with Gasteiger partial charge in [0.25, 0.3) is 5.56 Å². The van der Waals surface area contributed by atoms with Crippen LogP contribution >= 0.6 is 22.9 Å². The number of hydrogen-bond acceptors (Lipinski definition) is 4. The van der Waals surface area contributed by atoms with Crippen molar-refractivity contribution in [1.29, 1.82) is 0 Å². The van der Waals surface area contributed by atoms with E-state index in [2.05, 4.69) is 20.5 Å². The van der Waals surface area contributed by atoms with Gasteiger partial charge in [-0.15, -0.1) is 11.3 Å². The van der Waals surface area contributed by atoms with Crippen molar-refractivity contribution in [3.63, 3.8) is 0 Å². The van der Waals surface area contributed by atoms with Gasteiger partial charge in [-0.25, -0.2) is 0 Å². The number of halogens is 1. The second-order valence-electron chi connectivity index (χ2n) is 4.63. The van der Waals surface area contributed by atoms with Crippen molar-refractivity contribution in [2.75, 3.05) is 5.32 Å². The molecule has 21 heavy (non-hydrogen) atoms. The van der Waals surface area contributed by atoms with Crippen LogP contribution in [0.25, 0.3) is 11.3 Å². The molecule has 3 aromatic rings. The van der Waals surface area contributed by atoms with Gasteiger partial charge in [-0.2, -0.15) is 5.10 Å². The highest BCUT2D eigenvalue weighted by molar-refractivity contribution is 7.16.